The summed E-state index contributed by atoms with van der Waals surface area (Å²) in [6.07, 6.45) is 6.81. The molecule has 2 nitrogen and oxygen atoms in total. The molecule has 0 radical (unpaired) electrons. The van der Waals surface area contributed by atoms with E-state index < -0.39 is 8.07 Å². The zero-order valence-corrected chi connectivity index (χ0v) is 15.0. The standard InChI is InChI=1S/C18H30O2Si/c1-5-6-8-17-18(9-7-14-20-17)21(3,4)16-12-10-15(19-2)11-13-16/h10-13,17-18H,5-9,14H2,1-4H3/t17-,18+/m0/s1. The van der Waals surface area contributed by atoms with E-state index in [-0.39, 0.29) is 0 Å². The Morgan fingerprint density at radius 3 is 2.57 bits per heavy atom. The molecule has 2 atom stereocenters. The summed E-state index contributed by atoms with van der Waals surface area (Å²) in [5, 5.41) is 1.53. The average Bonchev–Trinajstić information content (AvgIpc) is 2.53. The topological polar surface area (TPSA) is 18.5 Å². The smallest absolute Gasteiger partial charge is 0.118 e. The molecule has 0 aromatic heterocycles. The quantitative estimate of drug-likeness (QED) is 0.727. The first-order valence-electron chi connectivity index (χ1n) is 8.35. The van der Waals surface area contributed by atoms with Crippen LogP contribution in [0.2, 0.25) is 18.6 Å². The lowest BCUT2D eigenvalue weighted by atomic mass is 10.0. The van der Waals surface area contributed by atoms with Crippen LogP contribution in [0.5, 0.6) is 5.75 Å². The van der Waals surface area contributed by atoms with Gasteiger partial charge >= 0.3 is 0 Å². The normalized spacial score (nSPS) is 23.0. The minimum atomic E-state index is -1.51. The molecule has 2 rings (SSSR count). The molecule has 1 heterocycles. The van der Waals surface area contributed by atoms with Crippen LogP contribution >= 0.6 is 0 Å². The summed E-state index contributed by atoms with van der Waals surface area (Å²) >= 11 is 0. The third kappa shape index (κ3) is 3.89. The van der Waals surface area contributed by atoms with E-state index in [0.717, 1.165) is 17.9 Å². The van der Waals surface area contributed by atoms with Gasteiger partial charge in [0.25, 0.3) is 0 Å². The average molecular weight is 307 g/mol. The molecule has 118 valence electrons. The molecule has 1 fully saturated rings. The highest BCUT2D eigenvalue weighted by atomic mass is 28.3. The SMILES string of the molecule is CCCC[C@@H]1OCCC[C@H]1[Si](C)(C)c1ccc(OC)cc1. The van der Waals surface area contributed by atoms with Crippen LogP contribution < -0.4 is 9.92 Å². The maximum Gasteiger partial charge on any atom is 0.118 e. The van der Waals surface area contributed by atoms with Gasteiger partial charge in [0.15, 0.2) is 0 Å². The first kappa shape index (κ1) is 16.6. The molecule has 1 aromatic rings. The van der Waals surface area contributed by atoms with E-state index in [1.807, 2.05) is 0 Å². The van der Waals surface area contributed by atoms with Crippen LogP contribution in [0.1, 0.15) is 39.0 Å². The summed E-state index contributed by atoms with van der Waals surface area (Å²) in [6, 6.07) is 8.76. The Morgan fingerprint density at radius 2 is 1.95 bits per heavy atom. The van der Waals surface area contributed by atoms with Crippen molar-refractivity contribution in [1.82, 2.24) is 0 Å². The molecule has 0 saturated carbocycles. The van der Waals surface area contributed by atoms with Crippen LogP contribution in [-0.4, -0.2) is 27.9 Å². The Balaban J connectivity index is 2.17. The van der Waals surface area contributed by atoms with E-state index in [4.69, 9.17) is 9.47 Å². The fourth-order valence-electron chi connectivity index (χ4n) is 3.59. The molecular weight excluding hydrogens is 276 g/mol. The summed E-state index contributed by atoms with van der Waals surface area (Å²) in [6.45, 7) is 8.24. The molecule has 0 N–H and O–H groups in total. The first-order valence-corrected chi connectivity index (χ1v) is 11.4. The van der Waals surface area contributed by atoms with Crippen molar-refractivity contribution in [2.75, 3.05) is 13.7 Å². The summed E-state index contributed by atoms with van der Waals surface area (Å²) in [7, 11) is 0.222. The minimum Gasteiger partial charge on any atom is -0.497 e. The van der Waals surface area contributed by atoms with E-state index in [1.54, 1.807) is 7.11 Å². The molecule has 3 heteroatoms. The lowest BCUT2D eigenvalue weighted by molar-refractivity contribution is 0.00875. The number of hydrogen-bond acceptors (Lipinski definition) is 2. The highest BCUT2D eigenvalue weighted by molar-refractivity contribution is 6.91. The largest absolute Gasteiger partial charge is 0.497 e. The molecule has 0 spiro atoms. The number of methoxy groups -OCH3 is 1. The highest BCUT2D eigenvalue weighted by Gasteiger charge is 2.40. The molecule has 0 amide bonds. The van der Waals surface area contributed by atoms with Crippen molar-refractivity contribution in [3.63, 3.8) is 0 Å². The zero-order chi connectivity index (χ0) is 15.3. The molecule has 0 bridgehead atoms. The van der Waals surface area contributed by atoms with Crippen molar-refractivity contribution in [2.45, 2.75) is 63.8 Å². The van der Waals surface area contributed by atoms with Crippen molar-refractivity contribution in [1.29, 1.82) is 0 Å². The van der Waals surface area contributed by atoms with Crippen molar-refractivity contribution in [2.24, 2.45) is 0 Å². The van der Waals surface area contributed by atoms with Crippen molar-refractivity contribution >= 4 is 13.3 Å². The number of benzene rings is 1. The fourth-order valence-corrected chi connectivity index (χ4v) is 7.16. The lowest BCUT2D eigenvalue weighted by Crippen LogP contribution is -2.51. The van der Waals surface area contributed by atoms with Crippen LogP contribution in [-0.2, 0) is 4.74 Å². The van der Waals surface area contributed by atoms with Gasteiger partial charge < -0.3 is 9.47 Å². The second-order valence-electron chi connectivity index (χ2n) is 6.75. The van der Waals surface area contributed by atoms with Gasteiger partial charge in [-0.3, -0.25) is 0 Å². The van der Waals surface area contributed by atoms with Crippen LogP contribution in [0.25, 0.3) is 0 Å². The molecule has 21 heavy (non-hydrogen) atoms. The van der Waals surface area contributed by atoms with Crippen molar-refractivity contribution < 1.29 is 9.47 Å². The minimum absolute atomic E-state index is 0.475. The molecule has 1 aliphatic heterocycles. The van der Waals surface area contributed by atoms with Gasteiger partial charge in [-0.1, -0.05) is 50.2 Å². The van der Waals surface area contributed by atoms with Crippen molar-refractivity contribution in [3.8, 4) is 5.75 Å². The van der Waals surface area contributed by atoms with Gasteiger partial charge in [0.1, 0.15) is 5.75 Å². The maximum atomic E-state index is 6.16. The maximum absolute atomic E-state index is 6.16. The van der Waals surface area contributed by atoms with Gasteiger partial charge in [-0.15, -0.1) is 0 Å². The second kappa shape index (κ2) is 7.46. The lowest BCUT2D eigenvalue weighted by Gasteiger charge is -2.41. The third-order valence-corrected chi connectivity index (χ3v) is 9.38. The predicted molar refractivity (Wildman–Crippen MR) is 92.4 cm³/mol. The number of unbranched alkanes of at least 4 members (excludes halogenated alkanes) is 1. The third-order valence-electron chi connectivity index (χ3n) is 5.04. The van der Waals surface area contributed by atoms with Gasteiger partial charge in [-0.25, -0.2) is 0 Å². The van der Waals surface area contributed by atoms with Crippen molar-refractivity contribution in [3.05, 3.63) is 24.3 Å². The fraction of sp³-hybridized carbons (Fsp3) is 0.667. The second-order valence-corrected chi connectivity index (χ2v) is 11.5. The Hall–Kier alpha value is -0.803. The summed E-state index contributed by atoms with van der Waals surface area (Å²) in [5.74, 6) is 0.950. The molecule has 0 unspecified atom stereocenters. The highest BCUT2D eigenvalue weighted by Crippen LogP contribution is 2.37. The van der Waals surface area contributed by atoms with Gasteiger partial charge in [0, 0.05) is 6.61 Å². The van der Waals surface area contributed by atoms with E-state index in [2.05, 4.69) is 44.3 Å². The Labute approximate surface area is 130 Å². The van der Waals surface area contributed by atoms with E-state index in [9.17, 15) is 0 Å². The van der Waals surface area contributed by atoms with Gasteiger partial charge in [0.2, 0.25) is 0 Å². The van der Waals surface area contributed by atoms with Crippen LogP contribution in [0.3, 0.4) is 0 Å². The van der Waals surface area contributed by atoms with E-state index in [1.165, 1.54) is 37.3 Å². The first-order chi connectivity index (χ1) is 10.1. The molecule has 1 saturated heterocycles. The Bertz CT molecular complexity index is 427. The van der Waals surface area contributed by atoms with E-state index in [0.29, 0.717) is 6.10 Å². The van der Waals surface area contributed by atoms with Gasteiger partial charge in [0.05, 0.1) is 21.3 Å². The van der Waals surface area contributed by atoms with E-state index >= 15 is 0 Å². The van der Waals surface area contributed by atoms with Crippen LogP contribution in [0.15, 0.2) is 24.3 Å². The molecule has 1 aliphatic rings. The Morgan fingerprint density at radius 1 is 1.24 bits per heavy atom. The van der Waals surface area contributed by atoms with Gasteiger partial charge in [-0.2, -0.15) is 0 Å². The predicted octanol–water partition coefficient (Wildman–Crippen LogP) is 4.35. The summed E-state index contributed by atoms with van der Waals surface area (Å²) < 4.78 is 11.4. The Kier molecular flexibility index (Phi) is 5.88. The van der Waals surface area contributed by atoms with Crippen LogP contribution in [0, 0.1) is 0 Å². The summed E-state index contributed by atoms with van der Waals surface area (Å²) in [5.41, 5.74) is 0.742. The van der Waals surface area contributed by atoms with Crippen LogP contribution in [0.4, 0.5) is 0 Å². The number of ether oxygens (including phenoxy) is 2. The van der Waals surface area contributed by atoms with Gasteiger partial charge in [-0.05, 0) is 36.9 Å². The number of hydrogen-bond donors (Lipinski definition) is 0. The summed E-state index contributed by atoms with van der Waals surface area (Å²) in [4.78, 5) is 0. The number of rotatable bonds is 6. The monoisotopic (exact) mass is 306 g/mol. The molecule has 0 aliphatic carbocycles. The molecular formula is C18H30O2Si. The zero-order valence-electron chi connectivity index (χ0n) is 14.0. The molecule has 1 aromatic carbocycles.